The Kier molecular flexibility index (Phi) is 3.85. The lowest BCUT2D eigenvalue weighted by atomic mass is 9.84. The number of halogens is 1. The second-order valence-electron chi connectivity index (χ2n) is 5.11. The molecule has 1 aromatic heterocycles. The van der Waals surface area contributed by atoms with Gasteiger partial charge in [-0.05, 0) is 38.7 Å². The van der Waals surface area contributed by atoms with Crippen molar-refractivity contribution in [3.05, 3.63) is 23.0 Å². The Hall–Kier alpha value is -1.16. The van der Waals surface area contributed by atoms with Gasteiger partial charge in [0.1, 0.15) is 0 Å². The first kappa shape index (κ1) is 13.3. The van der Waals surface area contributed by atoms with E-state index in [4.69, 9.17) is 11.6 Å². The molecule has 1 aromatic rings. The molecule has 0 N–H and O–H groups in total. The number of nitrogens with zero attached hydrogens (tertiary/aromatic N) is 3. The van der Waals surface area contributed by atoms with E-state index >= 15 is 0 Å². The van der Waals surface area contributed by atoms with Crippen LogP contribution in [0.3, 0.4) is 0 Å². The van der Waals surface area contributed by atoms with Gasteiger partial charge >= 0.3 is 0 Å². The molecular formula is C13H18ClN3O. The molecule has 0 spiro atoms. The monoisotopic (exact) mass is 267 g/mol. The van der Waals surface area contributed by atoms with E-state index in [0.29, 0.717) is 22.6 Å². The van der Waals surface area contributed by atoms with E-state index in [0.717, 1.165) is 25.1 Å². The minimum absolute atomic E-state index is 0.0172. The fraction of sp³-hybridized carbons (Fsp3) is 0.615. The summed E-state index contributed by atoms with van der Waals surface area (Å²) >= 11 is 5.95. The van der Waals surface area contributed by atoms with Crippen LogP contribution in [-0.4, -0.2) is 40.0 Å². The number of rotatable bonds is 3. The van der Waals surface area contributed by atoms with E-state index in [1.165, 1.54) is 0 Å². The van der Waals surface area contributed by atoms with Crippen molar-refractivity contribution in [2.75, 3.05) is 13.6 Å². The molecule has 0 bridgehead atoms. The molecule has 0 radical (unpaired) electrons. The van der Waals surface area contributed by atoms with Gasteiger partial charge in [0.05, 0.1) is 17.0 Å². The van der Waals surface area contributed by atoms with Crippen LogP contribution >= 0.6 is 11.6 Å². The standard InChI is InChI=1S/C13H18ClN3O/c1-8-4-12(9(2)16-15-8)13(18)17(3)7-10-5-11(14)6-10/h4,10-11H,5-7H2,1-3H3. The average molecular weight is 268 g/mol. The molecule has 2 rings (SSSR count). The van der Waals surface area contributed by atoms with Crippen molar-refractivity contribution in [3.8, 4) is 0 Å². The largest absolute Gasteiger partial charge is 0.341 e. The van der Waals surface area contributed by atoms with Crippen molar-refractivity contribution in [1.82, 2.24) is 15.1 Å². The number of aryl methyl sites for hydroxylation is 2. The first-order chi connectivity index (χ1) is 8.47. The van der Waals surface area contributed by atoms with Gasteiger partial charge in [0, 0.05) is 19.0 Å². The Balaban J connectivity index is 2.03. The zero-order valence-corrected chi connectivity index (χ0v) is 11.7. The van der Waals surface area contributed by atoms with Gasteiger partial charge in [-0.25, -0.2) is 0 Å². The molecule has 0 unspecified atom stereocenters. The third kappa shape index (κ3) is 2.80. The van der Waals surface area contributed by atoms with E-state index in [2.05, 4.69) is 10.2 Å². The van der Waals surface area contributed by atoms with Crippen LogP contribution in [0.25, 0.3) is 0 Å². The van der Waals surface area contributed by atoms with Crippen LogP contribution in [0, 0.1) is 19.8 Å². The molecule has 1 heterocycles. The fourth-order valence-electron chi connectivity index (χ4n) is 2.25. The lowest BCUT2D eigenvalue weighted by Crippen LogP contribution is -2.38. The summed E-state index contributed by atoms with van der Waals surface area (Å²) in [5.74, 6) is 0.557. The van der Waals surface area contributed by atoms with E-state index in [1.54, 1.807) is 11.0 Å². The van der Waals surface area contributed by atoms with Gasteiger partial charge in [-0.3, -0.25) is 4.79 Å². The topological polar surface area (TPSA) is 46.1 Å². The summed E-state index contributed by atoms with van der Waals surface area (Å²) in [6.45, 7) is 4.42. The van der Waals surface area contributed by atoms with Gasteiger partial charge in [0.2, 0.25) is 0 Å². The number of hydrogen-bond donors (Lipinski definition) is 0. The van der Waals surface area contributed by atoms with Crippen molar-refractivity contribution < 1.29 is 4.79 Å². The number of amides is 1. The minimum atomic E-state index is 0.0172. The van der Waals surface area contributed by atoms with Gasteiger partial charge in [-0.15, -0.1) is 11.6 Å². The van der Waals surface area contributed by atoms with Crippen molar-refractivity contribution in [1.29, 1.82) is 0 Å². The highest BCUT2D eigenvalue weighted by Crippen LogP contribution is 2.32. The first-order valence-corrected chi connectivity index (χ1v) is 6.61. The lowest BCUT2D eigenvalue weighted by molar-refractivity contribution is 0.0745. The quantitative estimate of drug-likeness (QED) is 0.789. The van der Waals surface area contributed by atoms with Gasteiger partial charge < -0.3 is 4.90 Å². The highest BCUT2D eigenvalue weighted by molar-refractivity contribution is 6.21. The minimum Gasteiger partial charge on any atom is -0.341 e. The smallest absolute Gasteiger partial charge is 0.255 e. The number of carbonyl (C=O) groups is 1. The van der Waals surface area contributed by atoms with E-state index in [1.807, 2.05) is 20.9 Å². The summed E-state index contributed by atoms with van der Waals surface area (Å²) in [6.07, 6.45) is 2.01. The lowest BCUT2D eigenvalue weighted by Gasteiger charge is -2.34. The predicted molar refractivity (Wildman–Crippen MR) is 70.8 cm³/mol. The molecule has 0 aromatic carbocycles. The maximum Gasteiger partial charge on any atom is 0.255 e. The molecule has 0 atom stereocenters. The predicted octanol–water partition coefficient (Wildman–Crippen LogP) is 2.18. The van der Waals surface area contributed by atoms with Gasteiger partial charge in [0.15, 0.2) is 0 Å². The zero-order chi connectivity index (χ0) is 13.3. The van der Waals surface area contributed by atoms with Crippen LogP contribution in [0.15, 0.2) is 6.07 Å². The number of aromatic nitrogens is 2. The maximum absolute atomic E-state index is 12.3. The molecule has 0 saturated heterocycles. The Morgan fingerprint density at radius 1 is 1.44 bits per heavy atom. The Bertz CT molecular complexity index is 458. The first-order valence-electron chi connectivity index (χ1n) is 6.18. The summed E-state index contributed by atoms with van der Waals surface area (Å²) in [5.41, 5.74) is 2.09. The molecular weight excluding hydrogens is 250 g/mol. The highest BCUT2D eigenvalue weighted by Gasteiger charge is 2.29. The average Bonchev–Trinajstić information content (AvgIpc) is 2.29. The molecule has 1 fully saturated rings. The summed E-state index contributed by atoms with van der Waals surface area (Å²) in [6, 6.07) is 1.80. The van der Waals surface area contributed by atoms with Gasteiger partial charge in [0.25, 0.3) is 5.91 Å². The summed E-state index contributed by atoms with van der Waals surface area (Å²) in [7, 11) is 1.83. The number of hydrogen-bond acceptors (Lipinski definition) is 3. The van der Waals surface area contributed by atoms with Crippen LogP contribution in [0.2, 0.25) is 0 Å². The molecule has 0 aliphatic heterocycles. The van der Waals surface area contributed by atoms with E-state index in [-0.39, 0.29) is 5.91 Å². The van der Waals surface area contributed by atoms with E-state index < -0.39 is 0 Å². The SMILES string of the molecule is Cc1cc(C(=O)N(C)CC2CC(Cl)C2)c(C)nn1. The van der Waals surface area contributed by atoms with Crippen LogP contribution < -0.4 is 0 Å². The normalized spacial score (nSPS) is 22.4. The maximum atomic E-state index is 12.3. The third-order valence-electron chi connectivity index (χ3n) is 3.39. The van der Waals surface area contributed by atoms with Crippen LogP contribution in [0.5, 0.6) is 0 Å². The van der Waals surface area contributed by atoms with Crippen molar-refractivity contribution in [2.45, 2.75) is 32.1 Å². The summed E-state index contributed by atoms with van der Waals surface area (Å²) in [4.78, 5) is 14.1. The molecule has 1 aliphatic rings. The van der Waals surface area contributed by atoms with Crippen LogP contribution in [0.1, 0.15) is 34.6 Å². The fourth-order valence-corrected chi connectivity index (χ4v) is 2.75. The summed E-state index contributed by atoms with van der Waals surface area (Å²) in [5, 5.41) is 8.23. The third-order valence-corrected chi connectivity index (χ3v) is 3.74. The van der Waals surface area contributed by atoms with E-state index in [9.17, 15) is 4.79 Å². The molecule has 18 heavy (non-hydrogen) atoms. The molecule has 5 heteroatoms. The van der Waals surface area contributed by atoms with Crippen molar-refractivity contribution in [3.63, 3.8) is 0 Å². The zero-order valence-electron chi connectivity index (χ0n) is 11.0. The molecule has 1 amide bonds. The van der Waals surface area contributed by atoms with Crippen molar-refractivity contribution in [2.24, 2.45) is 5.92 Å². The number of alkyl halides is 1. The van der Waals surface area contributed by atoms with Crippen LogP contribution in [-0.2, 0) is 0 Å². The highest BCUT2D eigenvalue weighted by atomic mass is 35.5. The molecule has 98 valence electrons. The molecule has 4 nitrogen and oxygen atoms in total. The van der Waals surface area contributed by atoms with Crippen LogP contribution in [0.4, 0.5) is 0 Å². The van der Waals surface area contributed by atoms with Gasteiger partial charge in [-0.2, -0.15) is 10.2 Å². The molecule has 1 saturated carbocycles. The van der Waals surface area contributed by atoms with Gasteiger partial charge in [-0.1, -0.05) is 0 Å². The Morgan fingerprint density at radius 3 is 2.72 bits per heavy atom. The molecule has 1 aliphatic carbocycles. The number of carbonyl (C=O) groups excluding carboxylic acids is 1. The second-order valence-corrected chi connectivity index (χ2v) is 5.72. The Morgan fingerprint density at radius 2 is 2.11 bits per heavy atom. The summed E-state index contributed by atoms with van der Waals surface area (Å²) < 4.78 is 0. The Labute approximate surface area is 112 Å². The van der Waals surface area contributed by atoms with Crippen molar-refractivity contribution >= 4 is 17.5 Å². The second kappa shape index (κ2) is 5.22.